The first-order valence-electron chi connectivity index (χ1n) is 7.14. The Labute approximate surface area is 127 Å². The Morgan fingerprint density at radius 3 is 2.86 bits per heavy atom. The van der Waals surface area contributed by atoms with E-state index in [4.69, 9.17) is 11.6 Å². The molecule has 1 aliphatic carbocycles. The molecule has 1 aromatic heterocycles. The summed E-state index contributed by atoms with van der Waals surface area (Å²) in [6.07, 6.45) is 2.58. The molecule has 1 heterocycles. The van der Waals surface area contributed by atoms with Gasteiger partial charge in [0.25, 0.3) is 0 Å². The number of hydrogen-bond acceptors (Lipinski definition) is 3. The maximum atomic E-state index is 6.44. The Morgan fingerprint density at radius 2 is 2.05 bits per heavy atom. The first-order valence-corrected chi connectivity index (χ1v) is 7.52. The van der Waals surface area contributed by atoms with Crippen molar-refractivity contribution in [3.63, 3.8) is 0 Å². The van der Waals surface area contributed by atoms with Gasteiger partial charge in [-0.3, -0.25) is 0 Å². The summed E-state index contributed by atoms with van der Waals surface area (Å²) in [7, 11) is 0. The standard InChI is InChI=1S/C16H15ClN4/c17-13-9-11(10-18-12-6-7-12)5-8-15(13)21-16-4-2-1-3-14(16)19-20-21/h1-5,8-9,12,18H,6-7,10H2. The SMILES string of the molecule is Clc1cc(CNC2CC2)ccc1-n1nnc2ccccc21. The highest BCUT2D eigenvalue weighted by atomic mass is 35.5. The normalized spacial score (nSPS) is 14.7. The Morgan fingerprint density at radius 1 is 1.19 bits per heavy atom. The van der Waals surface area contributed by atoms with Gasteiger partial charge in [0.1, 0.15) is 5.52 Å². The second-order valence-corrected chi connectivity index (χ2v) is 5.84. The summed E-state index contributed by atoms with van der Waals surface area (Å²) in [6.45, 7) is 0.864. The minimum atomic E-state index is 0.695. The van der Waals surface area contributed by atoms with Crippen molar-refractivity contribution in [1.82, 2.24) is 20.3 Å². The van der Waals surface area contributed by atoms with Crippen LogP contribution in [0.25, 0.3) is 16.7 Å². The summed E-state index contributed by atoms with van der Waals surface area (Å²) < 4.78 is 1.79. The van der Waals surface area contributed by atoms with E-state index in [0.717, 1.165) is 23.3 Å². The van der Waals surface area contributed by atoms with Crippen molar-refractivity contribution in [1.29, 1.82) is 0 Å². The van der Waals surface area contributed by atoms with E-state index in [2.05, 4.69) is 21.7 Å². The molecule has 0 bridgehead atoms. The molecule has 0 radical (unpaired) electrons. The number of fused-ring (bicyclic) bond motifs is 1. The second kappa shape index (κ2) is 5.13. The Kier molecular flexibility index (Phi) is 3.13. The predicted octanol–water partition coefficient (Wildman–Crippen LogP) is 3.33. The quantitative estimate of drug-likeness (QED) is 0.803. The molecule has 1 N–H and O–H groups in total. The molecule has 0 atom stereocenters. The lowest BCUT2D eigenvalue weighted by Crippen LogP contribution is -2.15. The number of hydrogen-bond donors (Lipinski definition) is 1. The maximum absolute atomic E-state index is 6.44. The molecule has 4 nitrogen and oxygen atoms in total. The molecule has 0 aliphatic heterocycles. The molecule has 3 aromatic rings. The zero-order valence-corrected chi connectivity index (χ0v) is 12.2. The van der Waals surface area contributed by atoms with Crippen LogP contribution in [-0.2, 0) is 6.54 Å². The van der Waals surface area contributed by atoms with Gasteiger partial charge < -0.3 is 5.32 Å². The molecule has 21 heavy (non-hydrogen) atoms. The van der Waals surface area contributed by atoms with Gasteiger partial charge in [0.05, 0.1) is 16.2 Å². The van der Waals surface area contributed by atoms with Gasteiger partial charge in [-0.25, -0.2) is 4.68 Å². The van der Waals surface area contributed by atoms with Crippen molar-refractivity contribution in [2.45, 2.75) is 25.4 Å². The van der Waals surface area contributed by atoms with Gasteiger partial charge >= 0.3 is 0 Å². The molecule has 5 heteroatoms. The molecular formula is C16H15ClN4. The highest BCUT2D eigenvalue weighted by Crippen LogP contribution is 2.25. The lowest BCUT2D eigenvalue weighted by molar-refractivity contribution is 0.687. The fourth-order valence-electron chi connectivity index (χ4n) is 2.43. The van der Waals surface area contributed by atoms with Gasteiger partial charge in [-0.15, -0.1) is 5.10 Å². The third-order valence-electron chi connectivity index (χ3n) is 3.76. The second-order valence-electron chi connectivity index (χ2n) is 5.43. The number of halogens is 1. The van der Waals surface area contributed by atoms with Crippen LogP contribution in [0, 0.1) is 0 Å². The van der Waals surface area contributed by atoms with Crippen LogP contribution in [0.1, 0.15) is 18.4 Å². The Hall–Kier alpha value is -1.91. The fraction of sp³-hybridized carbons (Fsp3) is 0.250. The molecule has 1 saturated carbocycles. The third-order valence-corrected chi connectivity index (χ3v) is 4.07. The van der Waals surface area contributed by atoms with Gasteiger partial charge in [0.15, 0.2) is 0 Å². The first kappa shape index (κ1) is 12.8. The van der Waals surface area contributed by atoms with Crippen molar-refractivity contribution in [2.24, 2.45) is 0 Å². The number of benzene rings is 2. The molecule has 2 aromatic carbocycles. The summed E-state index contributed by atoms with van der Waals surface area (Å²) in [5.74, 6) is 0. The highest BCUT2D eigenvalue weighted by Gasteiger charge is 2.20. The van der Waals surface area contributed by atoms with Gasteiger partial charge in [-0.05, 0) is 42.7 Å². The zero-order chi connectivity index (χ0) is 14.2. The Balaban J connectivity index is 1.67. The molecule has 1 fully saturated rings. The third kappa shape index (κ3) is 2.52. The minimum Gasteiger partial charge on any atom is -0.310 e. The number of rotatable bonds is 4. The summed E-state index contributed by atoms with van der Waals surface area (Å²) in [6, 6.07) is 14.7. The van der Waals surface area contributed by atoms with Gasteiger partial charge in [0, 0.05) is 12.6 Å². The first-order chi connectivity index (χ1) is 10.3. The summed E-state index contributed by atoms with van der Waals surface area (Å²) in [5.41, 5.74) is 3.89. The number of aromatic nitrogens is 3. The van der Waals surface area contributed by atoms with Crippen molar-refractivity contribution < 1.29 is 0 Å². The maximum Gasteiger partial charge on any atom is 0.113 e. The van der Waals surface area contributed by atoms with Crippen LogP contribution in [0.4, 0.5) is 0 Å². The van der Waals surface area contributed by atoms with Crippen molar-refractivity contribution >= 4 is 22.6 Å². The summed E-state index contributed by atoms with van der Waals surface area (Å²) in [5, 5.41) is 12.6. The minimum absolute atomic E-state index is 0.695. The van der Waals surface area contributed by atoms with E-state index in [1.165, 1.54) is 18.4 Å². The smallest absolute Gasteiger partial charge is 0.113 e. The van der Waals surface area contributed by atoms with E-state index in [0.29, 0.717) is 11.1 Å². The van der Waals surface area contributed by atoms with Crippen LogP contribution < -0.4 is 5.32 Å². The van der Waals surface area contributed by atoms with E-state index >= 15 is 0 Å². The molecule has 1 aliphatic rings. The lowest BCUT2D eigenvalue weighted by Gasteiger charge is -2.08. The average Bonchev–Trinajstić information content (AvgIpc) is 3.24. The molecule has 0 saturated heterocycles. The molecule has 0 spiro atoms. The predicted molar refractivity (Wildman–Crippen MR) is 83.7 cm³/mol. The van der Waals surface area contributed by atoms with Crippen molar-refractivity contribution in [2.75, 3.05) is 0 Å². The molecule has 4 rings (SSSR count). The van der Waals surface area contributed by atoms with Gasteiger partial charge in [-0.1, -0.05) is 35.0 Å². The van der Waals surface area contributed by atoms with E-state index in [1.807, 2.05) is 36.4 Å². The van der Waals surface area contributed by atoms with Gasteiger partial charge in [0.2, 0.25) is 0 Å². The van der Waals surface area contributed by atoms with E-state index in [9.17, 15) is 0 Å². The van der Waals surface area contributed by atoms with Crippen molar-refractivity contribution in [3.8, 4) is 5.69 Å². The Bertz CT molecular complexity index is 792. The van der Waals surface area contributed by atoms with Crippen LogP contribution >= 0.6 is 11.6 Å². The molecule has 0 amide bonds. The molecule has 106 valence electrons. The van der Waals surface area contributed by atoms with Gasteiger partial charge in [-0.2, -0.15) is 0 Å². The van der Waals surface area contributed by atoms with E-state index in [-0.39, 0.29) is 0 Å². The summed E-state index contributed by atoms with van der Waals surface area (Å²) in [4.78, 5) is 0. The highest BCUT2D eigenvalue weighted by molar-refractivity contribution is 6.32. The van der Waals surface area contributed by atoms with E-state index in [1.54, 1.807) is 4.68 Å². The number of nitrogens with zero attached hydrogens (tertiary/aromatic N) is 3. The monoisotopic (exact) mass is 298 g/mol. The molecule has 0 unspecified atom stereocenters. The topological polar surface area (TPSA) is 42.7 Å². The van der Waals surface area contributed by atoms with Crippen LogP contribution in [0.3, 0.4) is 0 Å². The fourth-order valence-corrected chi connectivity index (χ4v) is 2.71. The zero-order valence-electron chi connectivity index (χ0n) is 11.5. The number of nitrogens with one attached hydrogen (secondary N) is 1. The van der Waals surface area contributed by atoms with Crippen LogP contribution in [0.5, 0.6) is 0 Å². The lowest BCUT2D eigenvalue weighted by atomic mass is 10.2. The van der Waals surface area contributed by atoms with Crippen LogP contribution in [-0.4, -0.2) is 21.0 Å². The summed E-state index contributed by atoms with van der Waals surface area (Å²) >= 11 is 6.44. The van der Waals surface area contributed by atoms with Crippen molar-refractivity contribution in [3.05, 3.63) is 53.1 Å². The average molecular weight is 299 g/mol. The number of para-hydroxylation sites is 1. The van der Waals surface area contributed by atoms with Crippen LogP contribution in [0.15, 0.2) is 42.5 Å². The molecular weight excluding hydrogens is 284 g/mol. The van der Waals surface area contributed by atoms with E-state index < -0.39 is 0 Å². The van der Waals surface area contributed by atoms with Crippen LogP contribution in [0.2, 0.25) is 5.02 Å². The largest absolute Gasteiger partial charge is 0.310 e.